The third-order valence-corrected chi connectivity index (χ3v) is 2.01. The molecule has 0 aliphatic rings. The molecule has 0 fully saturated rings. The Kier molecular flexibility index (Phi) is 2.55. The number of nitrogens with zero attached hydrogens (tertiary/aromatic N) is 3. The number of rotatable bonds is 2. The van der Waals surface area contributed by atoms with Gasteiger partial charge in [0.05, 0.1) is 6.61 Å². The topological polar surface area (TPSA) is 56.5 Å². The lowest BCUT2D eigenvalue weighted by Gasteiger charge is -2.03. The number of esters is 1. The van der Waals surface area contributed by atoms with Crippen molar-refractivity contribution in [2.75, 3.05) is 6.61 Å². The molecule has 6 heteroatoms. The van der Waals surface area contributed by atoms with Crippen molar-refractivity contribution in [1.29, 1.82) is 0 Å². The second-order valence-corrected chi connectivity index (χ2v) is 3.17. The first kappa shape index (κ1) is 9.92. The molecule has 0 amide bonds. The summed E-state index contributed by atoms with van der Waals surface area (Å²) in [5, 5.41) is 0.219. The molecule has 0 unspecified atom stereocenters. The van der Waals surface area contributed by atoms with E-state index in [1.54, 1.807) is 25.4 Å². The van der Waals surface area contributed by atoms with Gasteiger partial charge in [0, 0.05) is 18.5 Å². The first-order valence-electron chi connectivity index (χ1n) is 4.39. The maximum absolute atomic E-state index is 11.5. The largest absolute Gasteiger partial charge is 0.460 e. The van der Waals surface area contributed by atoms with Gasteiger partial charge in [0.15, 0.2) is 0 Å². The van der Waals surface area contributed by atoms with Crippen LogP contribution in [0, 0.1) is 0 Å². The van der Waals surface area contributed by atoms with Gasteiger partial charge in [-0.25, -0.2) is 14.8 Å². The first-order chi connectivity index (χ1) is 7.22. The predicted molar refractivity (Wildman–Crippen MR) is 54.0 cm³/mol. The van der Waals surface area contributed by atoms with Gasteiger partial charge in [-0.2, -0.15) is 0 Å². The van der Waals surface area contributed by atoms with Crippen LogP contribution in [0.4, 0.5) is 0 Å². The minimum absolute atomic E-state index is 0.136. The van der Waals surface area contributed by atoms with Gasteiger partial charge in [-0.15, -0.1) is 0 Å². The molecule has 0 aromatic carbocycles. The maximum Gasteiger partial charge on any atom is 0.375 e. The minimum atomic E-state index is -0.511. The fraction of sp³-hybridized carbons (Fsp3) is 0.222. The molecule has 2 rings (SSSR count). The standard InChI is InChI=1S/C9H8ClN3O2/c1-2-15-9(14)8-12-6(10)5-7-11-3-4-13(7)8/h3-5H,2H2,1H3. The average Bonchev–Trinajstić information content (AvgIpc) is 2.64. The van der Waals surface area contributed by atoms with Crippen molar-refractivity contribution in [3.05, 3.63) is 29.4 Å². The third kappa shape index (κ3) is 1.78. The Hall–Kier alpha value is -1.62. The van der Waals surface area contributed by atoms with Gasteiger partial charge in [0.1, 0.15) is 10.8 Å². The van der Waals surface area contributed by atoms with Crippen LogP contribution in [0.3, 0.4) is 0 Å². The molecule has 15 heavy (non-hydrogen) atoms. The molecule has 0 atom stereocenters. The van der Waals surface area contributed by atoms with Crippen LogP contribution in [0.15, 0.2) is 18.5 Å². The van der Waals surface area contributed by atoms with E-state index in [0.717, 1.165) is 0 Å². The number of carbonyl (C=O) groups excluding carboxylic acids is 1. The van der Waals surface area contributed by atoms with Gasteiger partial charge in [-0.1, -0.05) is 11.6 Å². The van der Waals surface area contributed by atoms with Gasteiger partial charge >= 0.3 is 5.97 Å². The van der Waals surface area contributed by atoms with Crippen LogP contribution in [0.25, 0.3) is 5.65 Å². The van der Waals surface area contributed by atoms with E-state index in [0.29, 0.717) is 12.3 Å². The fourth-order valence-electron chi connectivity index (χ4n) is 1.23. The van der Waals surface area contributed by atoms with Crippen molar-refractivity contribution in [2.45, 2.75) is 6.92 Å². The van der Waals surface area contributed by atoms with Gasteiger partial charge in [0.2, 0.25) is 5.82 Å². The molecule has 2 heterocycles. The highest BCUT2D eigenvalue weighted by molar-refractivity contribution is 6.29. The van der Waals surface area contributed by atoms with E-state index in [1.165, 1.54) is 4.40 Å². The van der Waals surface area contributed by atoms with E-state index < -0.39 is 5.97 Å². The van der Waals surface area contributed by atoms with Crippen LogP contribution >= 0.6 is 11.6 Å². The highest BCUT2D eigenvalue weighted by atomic mass is 35.5. The summed E-state index contributed by atoms with van der Waals surface area (Å²) in [5.41, 5.74) is 0.568. The van der Waals surface area contributed by atoms with E-state index in [-0.39, 0.29) is 11.0 Å². The SMILES string of the molecule is CCOC(=O)c1nc(Cl)cc2nccn12. The zero-order valence-electron chi connectivity index (χ0n) is 7.98. The molecule has 0 saturated heterocycles. The van der Waals surface area contributed by atoms with Gasteiger partial charge in [-0.05, 0) is 6.92 Å². The lowest BCUT2D eigenvalue weighted by atomic mass is 10.5. The second kappa shape index (κ2) is 3.86. The summed E-state index contributed by atoms with van der Waals surface area (Å²) < 4.78 is 6.38. The number of aromatic nitrogens is 3. The highest BCUT2D eigenvalue weighted by Crippen LogP contribution is 2.11. The van der Waals surface area contributed by atoms with Gasteiger partial charge in [-0.3, -0.25) is 4.40 Å². The maximum atomic E-state index is 11.5. The van der Waals surface area contributed by atoms with Crippen molar-refractivity contribution < 1.29 is 9.53 Å². The molecular weight excluding hydrogens is 218 g/mol. The smallest absolute Gasteiger partial charge is 0.375 e. The summed E-state index contributed by atoms with van der Waals surface area (Å²) in [4.78, 5) is 19.4. The molecule has 78 valence electrons. The predicted octanol–water partition coefficient (Wildman–Crippen LogP) is 1.56. The molecule has 2 aromatic rings. The number of ether oxygens (including phenoxy) is 1. The van der Waals surface area contributed by atoms with Crippen LogP contribution in [-0.2, 0) is 4.74 Å². The molecule has 0 spiro atoms. The monoisotopic (exact) mass is 225 g/mol. The van der Waals surface area contributed by atoms with Crippen LogP contribution in [-0.4, -0.2) is 26.9 Å². The quantitative estimate of drug-likeness (QED) is 0.575. The lowest BCUT2D eigenvalue weighted by Crippen LogP contribution is -2.12. The Labute approximate surface area is 90.7 Å². The number of carbonyl (C=O) groups is 1. The second-order valence-electron chi connectivity index (χ2n) is 2.78. The van der Waals surface area contributed by atoms with E-state index in [2.05, 4.69) is 9.97 Å². The molecule has 2 aromatic heterocycles. The van der Waals surface area contributed by atoms with E-state index >= 15 is 0 Å². The van der Waals surface area contributed by atoms with Crippen molar-refractivity contribution in [1.82, 2.24) is 14.4 Å². The number of hydrogen-bond donors (Lipinski definition) is 0. The lowest BCUT2D eigenvalue weighted by molar-refractivity contribution is 0.0510. The Morgan fingerprint density at radius 2 is 2.47 bits per heavy atom. The van der Waals surface area contributed by atoms with Crippen LogP contribution in [0.1, 0.15) is 17.5 Å². The summed E-state index contributed by atoms with van der Waals surface area (Å²) in [7, 11) is 0. The summed E-state index contributed by atoms with van der Waals surface area (Å²) in [6.45, 7) is 2.02. The van der Waals surface area contributed by atoms with Crippen LogP contribution in [0.2, 0.25) is 5.15 Å². The highest BCUT2D eigenvalue weighted by Gasteiger charge is 2.14. The molecule has 0 saturated carbocycles. The summed E-state index contributed by atoms with van der Waals surface area (Å²) >= 11 is 5.75. The van der Waals surface area contributed by atoms with Crippen molar-refractivity contribution >= 4 is 23.2 Å². The fourth-order valence-corrected chi connectivity index (χ4v) is 1.41. The number of halogens is 1. The molecule has 0 radical (unpaired) electrons. The zero-order chi connectivity index (χ0) is 10.8. The number of fused-ring (bicyclic) bond motifs is 1. The first-order valence-corrected chi connectivity index (χ1v) is 4.77. The van der Waals surface area contributed by atoms with Crippen molar-refractivity contribution in [2.24, 2.45) is 0 Å². The van der Waals surface area contributed by atoms with Gasteiger partial charge < -0.3 is 4.74 Å². The summed E-state index contributed by atoms with van der Waals surface area (Å²) in [6.07, 6.45) is 3.20. The molecule has 0 N–H and O–H groups in total. The van der Waals surface area contributed by atoms with Crippen LogP contribution in [0.5, 0.6) is 0 Å². The molecular formula is C9H8ClN3O2. The normalized spacial score (nSPS) is 10.5. The third-order valence-electron chi connectivity index (χ3n) is 1.82. The summed E-state index contributed by atoms with van der Waals surface area (Å²) in [6, 6.07) is 1.57. The minimum Gasteiger partial charge on any atom is -0.460 e. The molecule has 0 aliphatic carbocycles. The zero-order valence-corrected chi connectivity index (χ0v) is 8.73. The van der Waals surface area contributed by atoms with Crippen LogP contribution < -0.4 is 0 Å². The number of hydrogen-bond acceptors (Lipinski definition) is 4. The van der Waals surface area contributed by atoms with E-state index in [9.17, 15) is 4.79 Å². The van der Waals surface area contributed by atoms with Crippen molar-refractivity contribution in [3.8, 4) is 0 Å². The number of imidazole rings is 1. The van der Waals surface area contributed by atoms with Crippen molar-refractivity contribution in [3.63, 3.8) is 0 Å². The molecule has 0 bridgehead atoms. The average molecular weight is 226 g/mol. The Bertz CT molecular complexity index is 509. The van der Waals surface area contributed by atoms with Gasteiger partial charge in [0.25, 0.3) is 0 Å². The van der Waals surface area contributed by atoms with E-state index in [1.807, 2.05) is 0 Å². The Balaban J connectivity index is 2.57. The van der Waals surface area contributed by atoms with E-state index in [4.69, 9.17) is 16.3 Å². The Morgan fingerprint density at radius 1 is 1.67 bits per heavy atom. The Morgan fingerprint density at radius 3 is 3.20 bits per heavy atom. The molecule has 5 nitrogen and oxygen atoms in total. The summed E-state index contributed by atoms with van der Waals surface area (Å²) in [5.74, 6) is -0.375. The molecule has 0 aliphatic heterocycles.